The summed E-state index contributed by atoms with van der Waals surface area (Å²) in [4.78, 5) is 22.3. The molecule has 0 aliphatic carbocycles. The second-order valence-corrected chi connectivity index (χ2v) is 4.68. The third-order valence-corrected chi connectivity index (χ3v) is 3.13. The number of amides is 1. The highest BCUT2D eigenvalue weighted by Gasteiger charge is 2.09. The molecule has 0 heterocycles. The molecule has 7 heteroatoms. The van der Waals surface area contributed by atoms with Gasteiger partial charge in [0.05, 0.1) is 17.7 Å². The molecule has 118 valence electrons. The van der Waals surface area contributed by atoms with Crippen molar-refractivity contribution in [3.63, 3.8) is 0 Å². The van der Waals surface area contributed by atoms with E-state index in [2.05, 4.69) is 10.5 Å². The number of nitro benzene ring substituents is 1. The highest BCUT2D eigenvalue weighted by Crippen LogP contribution is 2.14. The van der Waals surface area contributed by atoms with Crippen molar-refractivity contribution >= 4 is 17.3 Å². The maximum absolute atomic E-state index is 12.0. The predicted octanol–water partition coefficient (Wildman–Crippen LogP) is 2.76. The van der Waals surface area contributed by atoms with Gasteiger partial charge in [-0.1, -0.05) is 18.2 Å². The van der Waals surface area contributed by atoms with Crippen LogP contribution in [0.1, 0.15) is 22.8 Å². The fraction of sp³-hybridized carbons (Fsp3) is 0.125. The first-order chi connectivity index (χ1) is 11.0. The lowest BCUT2D eigenvalue weighted by Crippen LogP contribution is -2.19. The lowest BCUT2D eigenvalue weighted by Gasteiger charge is -2.05. The minimum Gasteiger partial charge on any atom is -0.497 e. The number of carbonyl (C=O) groups excluding carboxylic acids is 1. The largest absolute Gasteiger partial charge is 0.497 e. The van der Waals surface area contributed by atoms with Gasteiger partial charge in [0.1, 0.15) is 5.75 Å². The second-order valence-electron chi connectivity index (χ2n) is 4.68. The molecule has 0 radical (unpaired) electrons. The maximum atomic E-state index is 12.0. The number of nitro groups is 1. The molecule has 1 N–H and O–H groups in total. The molecule has 23 heavy (non-hydrogen) atoms. The summed E-state index contributed by atoms with van der Waals surface area (Å²) < 4.78 is 5.06. The number of methoxy groups -OCH3 is 1. The molecule has 2 aromatic carbocycles. The Morgan fingerprint density at radius 1 is 1.17 bits per heavy atom. The third-order valence-electron chi connectivity index (χ3n) is 3.13. The van der Waals surface area contributed by atoms with Crippen molar-refractivity contribution in [1.29, 1.82) is 0 Å². The molecule has 7 nitrogen and oxygen atoms in total. The van der Waals surface area contributed by atoms with Gasteiger partial charge in [0.25, 0.3) is 11.6 Å². The number of benzene rings is 2. The number of hydrogen-bond donors (Lipinski definition) is 1. The number of nitrogens with zero attached hydrogens (tertiary/aromatic N) is 2. The normalized spacial score (nSPS) is 11.0. The zero-order valence-corrected chi connectivity index (χ0v) is 12.6. The average Bonchev–Trinajstić information content (AvgIpc) is 2.59. The first-order valence-corrected chi connectivity index (χ1v) is 6.75. The molecule has 0 aliphatic rings. The van der Waals surface area contributed by atoms with Crippen LogP contribution in [0.25, 0.3) is 0 Å². The molecule has 0 fully saturated rings. The van der Waals surface area contributed by atoms with E-state index >= 15 is 0 Å². The van der Waals surface area contributed by atoms with E-state index in [0.717, 1.165) is 0 Å². The SMILES string of the molecule is COc1cccc(C(=O)NN=C(C)c2cccc([N+](=O)[O-])c2)c1. The smallest absolute Gasteiger partial charge is 0.271 e. The molecule has 0 unspecified atom stereocenters. The van der Waals surface area contributed by atoms with Crippen LogP contribution in [0.2, 0.25) is 0 Å². The molecular weight excluding hydrogens is 298 g/mol. The Labute approximate surface area is 132 Å². The number of ether oxygens (including phenoxy) is 1. The zero-order chi connectivity index (χ0) is 16.8. The molecule has 0 spiro atoms. The quantitative estimate of drug-likeness (QED) is 0.521. The molecular formula is C16H15N3O4. The van der Waals surface area contributed by atoms with Crippen molar-refractivity contribution in [2.24, 2.45) is 5.10 Å². The van der Waals surface area contributed by atoms with Crippen LogP contribution in [0, 0.1) is 10.1 Å². The van der Waals surface area contributed by atoms with E-state index in [0.29, 0.717) is 22.6 Å². The van der Waals surface area contributed by atoms with Crippen LogP contribution in [0.15, 0.2) is 53.6 Å². The van der Waals surface area contributed by atoms with Crippen LogP contribution in [-0.4, -0.2) is 23.7 Å². The number of carbonyl (C=O) groups is 1. The lowest BCUT2D eigenvalue weighted by atomic mass is 10.1. The third kappa shape index (κ3) is 4.13. The predicted molar refractivity (Wildman–Crippen MR) is 85.8 cm³/mol. The summed E-state index contributed by atoms with van der Waals surface area (Å²) in [5, 5.41) is 14.8. The zero-order valence-electron chi connectivity index (χ0n) is 12.6. The van der Waals surface area contributed by atoms with E-state index in [4.69, 9.17) is 4.74 Å². The van der Waals surface area contributed by atoms with Gasteiger partial charge in [-0.25, -0.2) is 5.43 Å². The van der Waals surface area contributed by atoms with Crippen LogP contribution < -0.4 is 10.2 Å². The molecule has 2 rings (SSSR count). The molecule has 0 saturated heterocycles. The number of nitrogens with one attached hydrogen (secondary N) is 1. The Balaban J connectivity index is 2.13. The van der Waals surface area contributed by atoms with E-state index in [-0.39, 0.29) is 5.69 Å². The fourth-order valence-corrected chi connectivity index (χ4v) is 1.87. The summed E-state index contributed by atoms with van der Waals surface area (Å²) in [6, 6.07) is 12.7. The highest BCUT2D eigenvalue weighted by atomic mass is 16.6. The van der Waals surface area contributed by atoms with E-state index in [9.17, 15) is 14.9 Å². The minimum atomic E-state index is -0.481. The summed E-state index contributed by atoms with van der Waals surface area (Å²) in [5.41, 5.74) is 3.82. The van der Waals surface area contributed by atoms with Gasteiger partial charge in [-0.2, -0.15) is 5.10 Å². The lowest BCUT2D eigenvalue weighted by molar-refractivity contribution is -0.384. The van der Waals surface area contributed by atoms with Crippen molar-refractivity contribution in [3.05, 3.63) is 69.8 Å². The van der Waals surface area contributed by atoms with Crippen LogP contribution in [0.4, 0.5) is 5.69 Å². The average molecular weight is 313 g/mol. The van der Waals surface area contributed by atoms with Gasteiger partial charge in [0, 0.05) is 23.3 Å². The first kappa shape index (κ1) is 16.2. The van der Waals surface area contributed by atoms with Gasteiger partial charge in [-0.15, -0.1) is 0 Å². The van der Waals surface area contributed by atoms with Gasteiger partial charge in [-0.3, -0.25) is 14.9 Å². The number of non-ortho nitro benzene ring substituents is 1. The summed E-state index contributed by atoms with van der Waals surface area (Å²) in [7, 11) is 1.52. The van der Waals surface area contributed by atoms with Gasteiger partial charge in [-0.05, 0) is 25.1 Å². The fourth-order valence-electron chi connectivity index (χ4n) is 1.87. The van der Waals surface area contributed by atoms with Gasteiger partial charge in [0.15, 0.2) is 0 Å². The monoisotopic (exact) mass is 313 g/mol. The van der Waals surface area contributed by atoms with Crippen molar-refractivity contribution in [2.45, 2.75) is 6.92 Å². The van der Waals surface area contributed by atoms with E-state index in [1.54, 1.807) is 43.3 Å². The van der Waals surface area contributed by atoms with Crippen LogP contribution in [0.3, 0.4) is 0 Å². The standard InChI is InChI=1S/C16H15N3O4/c1-11(12-5-3-7-14(9-12)19(21)22)17-18-16(20)13-6-4-8-15(10-13)23-2/h3-10H,1-2H3,(H,18,20). The van der Waals surface area contributed by atoms with Crippen LogP contribution in [-0.2, 0) is 0 Å². The molecule has 0 bridgehead atoms. The highest BCUT2D eigenvalue weighted by molar-refractivity contribution is 6.01. The maximum Gasteiger partial charge on any atom is 0.271 e. The molecule has 0 aliphatic heterocycles. The van der Waals surface area contributed by atoms with E-state index in [1.165, 1.54) is 19.2 Å². The Kier molecular flexibility index (Phi) is 5.03. The van der Waals surface area contributed by atoms with Gasteiger partial charge in [0.2, 0.25) is 0 Å². The molecule has 1 amide bonds. The Bertz CT molecular complexity index is 771. The number of hydrogen-bond acceptors (Lipinski definition) is 5. The molecule has 0 saturated carbocycles. The van der Waals surface area contributed by atoms with Gasteiger partial charge >= 0.3 is 0 Å². The van der Waals surface area contributed by atoms with Crippen LogP contribution >= 0.6 is 0 Å². The van der Waals surface area contributed by atoms with Crippen LogP contribution in [0.5, 0.6) is 5.75 Å². The summed E-state index contributed by atoms with van der Waals surface area (Å²) in [6.07, 6.45) is 0. The second kappa shape index (κ2) is 7.17. The molecule has 2 aromatic rings. The van der Waals surface area contributed by atoms with Crippen molar-refractivity contribution in [2.75, 3.05) is 7.11 Å². The first-order valence-electron chi connectivity index (χ1n) is 6.75. The topological polar surface area (TPSA) is 93.8 Å². The summed E-state index contributed by atoms with van der Waals surface area (Å²) in [6.45, 7) is 1.66. The van der Waals surface area contributed by atoms with E-state index in [1.807, 2.05) is 0 Å². The van der Waals surface area contributed by atoms with Crippen molar-refractivity contribution in [3.8, 4) is 5.75 Å². The molecule has 0 aromatic heterocycles. The van der Waals surface area contributed by atoms with Gasteiger partial charge < -0.3 is 4.74 Å². The number of hydrazone groups is 1. The summed E-state index contributed by atoms with van der Waals surface area (Å²) >= 11 is 0. The summed E-state index contributed by atoms with van der Waals surface area (Å²) in [5.74, 6) is 0.172. The molecule has 0 atom stereocenters. The minimum absolute atomic E-state index is 0.0313. The van der Waals surface area contributed by atoms with Crippen molar-refractivity contribution < 1.29 is 14.5 Å². The Hall–Kier alpha value is -3.22. The Morgan fingerprint density at radius 2 is 1.87 bits per heavy atom. The van der Waals surface area contributed by atoms with E-state index < -0.39 is 10.8 Å². The van der Waals surface area contributed by atoms with Crippen molar-refractivity contribution in [1.82, 2.24) is 5.43 Å². The number of rotatable bonds is 5. The Morgan fingerprint density at radius 3 is 2.57 bits per heavy atom.